The molecule has 0 aromatic heterocycles. The Morgan fingerprint density at radius 3 is 2.40 bits per heavy atom. The molecule has 4 heteroatoms. The molecular formula is C11H21NO3. The third kappa shape index (κ3) is 8.00. The van der Waals surface area contributed by atoms with Gasteiger partial charge in [0.2, 0.25) is 0 Å². The number of aliphatic hydroxyl groups excluding tert-OH is 1. The van der Waals surface area contributed by atoms with Crippen molar-refractivity contribution in [2.24, 2.45) is 0 Å². The number of alkyl carbamates (subject to hydrolysis) is 1. The SMILES string of the molecule is C=C(C)C[C@@H](CO)NC(=O)OC(C)(C)C. The minimum absolute atomic E-state index is 0.119. The lowest BCUT2D eigenvalue weighted by Crippen LogP contribution is -2.41. The number of aliphatic hydroxyl groups is 1. The summed E-state index contributed by atoms with van der Waals surface area (Å²) in [6.07, 6.45) is 0.0400. The molecule has 0 saturated carbocycles. The summed E-state index contributed by atoms with van der Waals surface area (Å²) < 4.78 is 5.06. The average molecular weight is 215 g/mol. The van der Waals surface area contributed by atoms with Gasteiger partial charge in [0.25, 0.3) is 0 Å². The van der Waals surface area contributed by atoms with Gasteiger partial charge in [-0.3, -0.25) is 0 Å². The molecule has 0 bridgehead atoms. The first-order valence-electron chi connectivity index (χ1n) is 4.99. The van der Waals surface area contributed by atoms with E-state index in [1.54, 1.807) is 20.8 Å². The number of carbonyl (C=O) groups excluding carboxylic acids is 1. The van der Waals surface area contributed by atoms with Crippen LogP contribution in [0.4, 0.5) is 4.79 Å². The quantitative estimate of drug-likeness (QED) is 0.703. The van der Waals surface area contributed by atoms with Gasteiger partial charge in [0, 0.05) is 0 Å². The van der Waals surface area contributed by atoms with Crippen molar-refractivity contribution in [2.75, 3.05) is 6.61 Å². The molecule has 1 amide bonds. The molecule has 0 rings (SSSR count). The lowest BCUT2D eigenvalue weighted by Gasteiger charge is -2.22. The highest BCUT2D eigenvalue weighted by molar-refractivity contribution is 5.68. The largest absolute Gasteiger partial charge is 0.444 e. The summed E-state index contributed by atoms with van der Waals surface area (Å²) >= 11 is 0. The molecular weight excluding hydrogens is 194 g/mol. The van der Waals surface area contributed by atoms with Crippen LogP contribution in [-0.4, -0.2) is 29.4 Å². The van der Waals surface area contributed by atoms with Crippen molar-refractivity contribution in [2.45, 2.75) is 45.8 Å². The maximum Gasteiger partial charge on any atom is 0.407 e. The van der Waals surface area contributed by atoms with E-state index >= 15 is 0 Å². The van der Waals surface area contributed by atoms with Gasteiger partial charge in [-0.1, -0.05) is 5.57 Å². The zero-order valence-electron chi connectivity index (χ0n) is 9.96. The Kier molecular flexibility index (Phi) is 5.36. The molecule has 15 heavy (non-hydrogen) atoms. The number of rotatable bonds is 4. The molecule has 2 N–H and O–H groups in total. The Bertz CT molecular complexity index is 230. The lowest BCUT2D eigenvalue weighted by atomic mass is 10.1. The van der Waals surface area contributed by atoms with Crippen LogP contribution in [0.3, 0.4) is 0 Å². The third-order valence-electron chi connectivity index (χ3n) is 1.54. The topological polar surface area (TPSA) is 58.6 Å². The zero-order chi connectivity index (χ0) is 12.1. The van der Waals surface area contributed by atoms with Gasteiger partial charge in [0.1, 0.15) is 5.60 Å². The highest BCUT2D eigenvalue weighted by Gasteiger charge is 2.18. The van der Waals surface area contributed by atoms with Gasteiger partial charge in [0.15, 0.2) is 0 Å². The van der Waals surface area contributed by atoms with E-state index in [9.17, 15) is 4.79 Å². The van der Waals surface area contributed by atoms with Crippen molar-refractivity contribution in [3.05, 3.63) is 12.2 Å². The molecule has 1 atom stereocenters. The number of hydrogen-bond acceptors (Lipinski definition) is 3. The molecule has 0 unspecified atom stereocenters. The Labute approximate surface area is 91.3 Å². The van der Waals surface area contributed by atoms with Crippen LogP contribution in [0, 0.1) is 0 Å². The van der Waals surface area contributed by atoms with E-state index in [2.05, 4.69) is 11.9 Å². The molecule has 0 aromatic rings. The fourth-order valence-corrected chi connectivity index (χ4v) is 1.06. The molecule has 0 aliphatic carbocycles. The molecule has 0 aromatic carbocycles. The van der Waals surface area contributed by atoms with E-state index in [1.807, 2.05) is 6.92 Å². The summed E-state index contributed by atoms with van der Waals surface area (Å²) in [6, 6.07) is -0.322. The summed E-state index contributed by atoms with van der Waals surface area (Å²) in [6.45, 7) is 10.8. The van der Waals surface area contributed by atoms with Crippen LogP contribution >= 0.6 is 0 Å². The van der Waals surface area contributed by atoms with E-state index in [1.165, 1.54) is 0 Å². The van der Waals surface area contributed by atoms with E-state index in [4.69, 9.17) is 9.84 Å². The van der Waals surface area contributed by atoms with Crippen LogP contribution in [0.25, 0.3) is 0 Å². The first kappa shape index (κ1) is 14.0. The summed E-state index contributed by atoms with van der Waals surface area (Å²) in [7, 11) is 0. The monoisotopic (exact) mass is 215 g/mol. The second kappa shape index (κ2) is 5.75. The molecule has 0 spiro atoms. The number of amides is 1. The third-order valence-corrected chi connectivity index (χ3v) is 1.54. The van der Waals surface area contributed by atoms with Gasteiger partial charge >= 0.3 is 6.09 Å². The maximum atomic E-state index is 11.3. The van der Waals surface area contributed by atoms with E-state index in [-0.39, 0.29) is 12.6 Å². The second-order valence-electron chi connectivity index (χ2n) is 4.69. The number of nitrogens with one attached hydrogen (secondary N) is 1. The van der Waals surface area contributed by atoms with Crippen LogP contribution in [0.1, 0.15) is 34.1 Å². The predicted molar refractivity (Wildman–Crippen MR) is 59.7 cm³/mol. The molecule has 0 fully saturated rings. The second-order valence-corrected chi connectivity index (χ2v) is 4.69. The Morgan fingerprint density at radius 1 is 1.53 bits per heavy atom. The Balaban J connectivity index is 4.07. The molecule has 88 valence electrons. The smallest absolute Gasteiger partial charge is 0.407 e. The summed E-state index contributed by atoms with van der Waals surface area (Å²) in [5, 5.41) is 11.6. The van der Waals surface area contributed by atoms with E-state index < -0.39 is 11.7 Å². The fourth-order valence-electron chi connectivity index (χ4n) is 1.06. The van der Waals surface area contributed by atoms with Gasteiger partial charge in [-0.05, 0) is 34.1 Å². The van der Waals surface area contributed by atoms with Crippen LogP contribution < -0.4 is 5.32 Å². The van der Waals surface area contributed by atoms with Crippen molar-refractivity contribution in [1.82, 2.24) is 5.32 Å². The molecule has 4 nitrogen and oxygen atoms in total. The minimum atomic E-state index is -0.521. The van der Waals surface area contributed by atoms with Gasteiger partial charge in [-0.15, -0.1) is 6.58 Å². The van der Waals surface area contributed by atoms with Crippen LogP contribution in [0.15, 0.2) is 12.2 Å². The van der Waals surface area contributed by atoms with E-state index in [0.29, 0.717) is 6.42 Å². The van der Waals surface area contributed by atoms with E-state index in [0.717, 1.165) is 5.57 Å². The normalized spacial score (nSPS) is 13.1. The predicted octanol–water partition coefficient (Wildman–Crippen LogP) is 1.84. The maximum absolute atomic E-state index is 11.3. The minimum Gasteiger partial charge on any atom is -0.444 e. The Hall–Kier alpha value is -1.03. The fraction of sp³-hybridized carbons (Fsp3) is 0.727. The van der Waals surface area contributed by atoms with Gasteiger partial charge in [0.05, 0.1) is 12.6 Å². The molecule has 0 aliphatic heterocycles. The van der Waals surface area contributed by atoms with Crippen molar-refractivity contribution in [3.63, 3.8) is 0 Å². The van der Waals surface area contributed by atoms with Crippen molar-refractivity contribution in [3.8, 4) is 0 Å². The lowest BCUT2D eigenvalue weighted by molar-refractivity contribution is 0.0483. The van der Waals surface area contributed by atoms with Crippen molar-refractivity contribution in [1.29, 1.82) is 0 Å². The summed E-state index contributed by atoms with van der Waals surface area (Å²) in [5.41, 5.74) is 0.387. The summed E-state index contributed by atoms with van der Waals surface area (Å²) in [5.74, 6) is 0. The number of hydrogen-bond donors (Lipinski definition) is 2. The van der Waals surface area contributed by atoms with Crippen LogP contribution in [0.5, 0.6) is 0 Å². The zero-order valence-corrected chi connectivity index (χ0v) is 9.96. The highest BCUT2D eigenvalue weighted by atomic mass is 16.6. The average Bonchev–Trinajstić information content (AvgIpc) is 1.98. The standard InChI is InChI=1S/C11H21NO3/c1-8(2)6-9(7-13)12-10(14)15-11(3,4)5/h9,13H,1,6-7H2,2-5H3,(H,12,14)/t9-/m0/s1. The molecule has 0 heterocycles. The number of carbonyl (C=O) groups is 1. The Morgan fingerprint density at radius 2 is 2.07 bits per heavy atom. The first-order chi connectivity index (χ1) is 6.74. The van der Waals surface area contributed by atoms with Crippen molar-refractivity contribution >= 4 is 6.09 Å². The van der Waals surface area contributed by atoms with Crippen molar-refractivity contribution < 1.29 is 14.6 Å². The molecule has 0 aliphatic rings. The van der Waals surface area contributed by atoms with Gasteiger partial charge < -0.3 is 15.2 Å². The number of ether oxygens (including phenoxy) is 1. The van der Waals surface area contributed by atoms with Crippen LogP contribution in [0.2, 0.25) is 0 Å². The van der Waals surface area contributed by atoms with Crippen LogP contribution in [-0.2, 0) is 4.74 Å². The highest BCUT2D eigenvalue weighted by Crippen LogP contribution is 2.08. The van der Waals surface area contributed by atoms with Gasteiger partial charge in [-0.2, -0.15) is 0 Å². The molecule has 0 saturated heterocycles. The van der Waals surface area contributed by atoms with Gasteiger partial charge in [-0.25, -0.2) is 4.79 Å². The molecule has 0 radical (unpaired) electrons. The first-order valence-corrected chi connectivity index (χ1v) is 4.99. The summed E-state index contributed by atoms with van der Waals surface area (Å²) in [4.78, 5) is 11.3.